The number of amides is 2. The number of carbonyl (C=O) groups is 2. The van der Waals surface area contributed by atoms with E-state index in [0.29, 0.717) is 80.3 Å². The Morgan fingerprint density at radius 3 is 2.45 bits per heavy atom. The molecule has 2 aliphatic heterocycles. The summed E-state index contributed by atoms with van der Waals surface area (Å²) in [5.41, 5.74) is 0.400. The van der Waals surface area contributed by atoms with Crippen molar-refractivity contribution in [1.82, 2.24) is 29.7 Å². The second kappa shape index (κ2) is 14.0. The molecule has 0 spiro atoms. The van der Waals surface area contributed by atoms with Gasteiger partial charge in [-0.05, 0) is 77.3 Å². The Labute approximate surface area is 273 Å². The molecule has 12 nitrogen and oxygen atoms in total. The van der Waals surface area contributed by atoms with Gasteiger partial charge in [0.1, 0.15) is 23.3 Å². The minimum absolute atomic E-state index is 0.0367. The van der Waals surface area contributed by atoms with Gasteiger partial charge in [0, 0.05) is 38.3 Å². The molecule has 4 heterocycles. The van der Waals surface area contributed by atoms with Gasteiger partial charge in [0.2, 0.25) is 11.9 Å². The fourth-order valence-electron chi connectivity index (χ4n) is 6.62. The number of anilines is 2. The van der Waals surface area contributed by atoms with Crippen LogP contribution in [0.3, 0.4) is 0 Å². The summed E-state index contributed by atoms with van der Waals surface area (Å²) in [6.07, 6.45) is 1.57. The van der Waals surface area contributed by atoms with Gasteiger partial charge >= 0.3 is 6.09 Å². The number of nitrogens with zero attached hydrogens (tertiary/aromatic N) is 6. The molecular weight excluding hydrogens is 610 g/mol. The monoisotopic (exact) mass is 654 g/mol. The normalized spacial score (nSPS) is 22.1. The van der Waals surface area contributed by atoms with Crippen LogP contribution in [-0.2, 0) is 14.3 Å². The second-order valence-corrected chi connectivity index (χ2v) is 13.5. The lowest BCUT2D eigenvalue weighted by molar-refractivity contribution is -0.126. The number of nitrogens with one attached hydrogen (secondary N) is 2. The molecule has 2 saturated heterocycles. The maximum atomic E-state index is 14.2. The number of alkyl halides is 2. The van der Waals surface area contributed by atoms with E-state index in [-0.39, 0.29) is 17.8 Å². The number of hydrogen-bond donors (Lipinski definition) is 2. The van der Waals surface area contributed by atoms with Crippen molar-refractivity contribution in [2.24, 2.45) is 5.92 Å². The number of carbonyl (C=O) groups excluding carboxylic acids is 2. The van der Waals surface area contributed by atoms with E-state index in [4.69, 9.17) is 19.4 Å². The number of hydrogen-bond acceptors (Lipinski definition) is 9. The van der Waals surface area contributed by atoms with Gasteiger partial charge in [-0.1, -0.05) is 12.1 Å². The van der Waals surface area contributed by atoms with Crippen LogP contribution in [0.5, 0.6) is 0 Å². The summed E-state index contributed by atoms with van der Waals surface area (Å²) in [4.78, 5) is 43.1. The Kier molecular flexibility index (Phi) is 9.76. The molecule has 1 atom stereocenters. The Balaban J connectivity index is 1.11. The number of benzene rings is 1. The average molecular weight is 655 g/mol. The van der Waals surface area contributed by atoms with E-state index >= 15 is 0 Å². The Hall–Kier alpha value is -4.07. The molecule has 3 aromatic rings. The van der Waals surface area contributed by atoms with Gasteiger partial charge in [-0.3, -0.25) is 14.3 Å². The summed E-state index contributed by atoms with van der Waals surface area (Å²) in [6.45, 7) is 8.95. The first-order chi connectivity index (χ1) is 22.6. The number of likely N-dealkylation sites (tertiary alicyclic amines) is 1. The fourth-order valence-corrected chi connectivity index (χ4v) is 6.62. The maximum absolute atomic E-state index is 14.2. The molecule has 254 valence electrons. The number of imidazole rings is 1. The van der Waals surface area contributed by atoms with Crippen LogP contribution in [0.1, 0.15) is 71.5 Å². The van der Waals surface area contributed by atoms with Gasteiger partial charge in [0.05, 0.1) is 24.2 Å². The second-order valence-electron chi connectivity index (χ2n) is 13.5. The summed E-state index contributed by atoms with van der Waals surface area (Å²) in [5, 5.41) is 6.56. The molecule has 1 aliphatic carbocycles. The summed E-state index contributed by atoms with van der Waals surface area (Å²) >= 11 is 0. The number of para-hydroxylation sites is 2. The predicted molar refractivity (Wildman–Crippen MR) is 173 cm³/mol. The zero-order valence-electron chi connectivity index (χ0n) is 27.3. The average Bonchev–Trinajstić information content (AvgIpc) is 3.70. The van der Waals surface area contributed by atoms with E-state index in [0.717, 1.165) is 32.1 Å². The SMILES string of the molecule is CC(C)(C)OC(=O)N1CCC[C@H]1C(=O)N[C@H]1CC[C@H](CNc2nc(N3CCOCC3)cc(-n3c(C(F)F)nc4ccccc43)n2)CC1. The zero-order chi connectivity index (χ0) is 33.1. The number of aromatic nitrogens is 4. The molecule has 47 heavy (non-hydrogen) atoms. The van der Waals surface area contributed by atoms with Crippen LogP contribution in [0.4, 0.5) is 25.3 Å². The number of ether oxygens (including phenoxy) is 2. The highest BCUT2D eigenvalue weighted by Crippen LogP contribution is 2.30. The van der Waals surface area contributed by atoms with Gasteiger partial charge in [0.25, 0.3) is 6.43 Å². The molecule has 0 bridgehead atoms. The molecule has 2 N–H and O–H groups in total. The lowest BCUT2D eigenvalue weighted by Gasteiger charge is -2.32. The van der Waals surface area contributed by atoms with Gasteiger partial charge < -0.3 is 25.0 Å². The van der Waals surface area contributed by atoms with Gasteiger partial charge in [-0.15, -0.1) is 0 Å². The first-order valence-corrected chi connectivity index (χ1v) is 16.6. The minimum Gasteiger partial charge on any atom is -0.444 e. The smallest absolute Gasteiger partial charge is 0.410 e. The predicted octanol–water partition coefficient (Wildman–Crippen LogP) is 5.08. The van der Waals surface area contributed by atoms with Crippen molar-refractivity contribution in [1.29, 1.82) is 0 Å². The van der Waals surface area contributed by atoms with Gasteiger partial charge in [-0.25, -0.2) is 18.6 Å². The number of halogens is 2. The Morgan fingerprint density at radius 1 is 1.00 bits per heavy atom. The van der Waals surface area contributed by atoms with Crippen molar-refractivity contribution in [3.05, 3.63) is 36.2 Å². The molecule has 1 aromatic carbocycles. The fraction of sp³-hybridized carbons (Fsp3) is 0.606. The first kappa shape index (κ1) is 32.9. The van der Waals surface area contributed by atoms with Crippen LogP contribution >= 0.6 is 0 Å². The third-order valence-electron chi connectivity index (χ3n) is 8.97. The molecule has 0 unspecified atom stereocenters. The van der Waals surface area contributed by atoms with E-state index < -0.39 is 24.2 Å². The van der Waals surface area contributed by atoms with Gasteiger partial charge in [0.15, 0.2) is 5.82 Å². The van der Waals surface area contributed by atoms with Crippen LogP contribution in [0.2, 0.25) is 0 Å². The van der Waals surface area contributed by atoms with Crippen molar-refractivity contribution >= 4 is 34.8 Å². The van der Waals surface area contributed by atoms with Crippen molar-refractivity contribution in [2.75, 3.05) is 49.6 Å². The van der Waals surface area contributed by atoms with Crippen LogP contribution in [-0.4, -0.2) is 93.5 Å². The number of morpholine rings is 1. The molecule has 1 saturated carbocycles. The van der Waals surface area contributed by atoms with Crippen LogP contribution in [0, 0.1) is 5.92 Å². The van der Waals surface area contributed by atoms with Crippen molar-refractivity contribution in [3.8, 4) is 5.82 Å². The van der Waals surface area contributed by atoms with Crippen LogP contribution < -0.4 is 15.5 Å². The Morgan fingerprint density at radius 2 is 1.72 bits per heavy atom. The third-order valence-corrected chi connectivity index (χ3v) is 8.97. The molecule has 3 aliphatic rings. The first-order valence-electron chi connectivity index (χ1n) is 16.6. The number of fused-ring (bicyclic) bond motifs is 1. The summed E-state index contributed by atoms with van der Waals surface area (Å²) < 4.78 is 40.8. The van der Waals surface area contributed by atoms with Gasteiger partial charge in [-0.2, -0.15) is 9.97 Å². The van der Waals surface area contributed by atoms with Crippen LogP contribution in [0.15, 0.2) is 30.3 Å². The lowest BCUT2D eigenvalue weighted by atomic mass is 9.86. The van der Waals surface area contributed by atoms with Crippen molar-refractivity contribution < 1.29 is 27.8 Å². The quantitative estimate of drug-likeness (QED) is 0.342. The highest BCUT2D eigenvalue weighted by atomic mass is 19.3. The molecule has 14 heteroatoms. The van der Waals surface area contributed by atoms with E-state index in [9.17, 15) is 18.4 Å². The lowest BCUT2D eigenvalue weighted by Crippen LogP contribution is -2.50. The molecule has 2 amide bonds. The summed E-state index contributed by atoms with van der Waals surface area (Å²) in [7, 11) is 0. The number of rotatable bonds is 8. The zero-order valence-corrected chi connectivity index (χ0v) is 27.3. The van der Waals surface area contributed by atoms with E-state index in [1.807, 2.05) is 20.8 Å². The standard InChI is InChI=1S/C33H44F2N8O4/c1-33(2,3)47-32(45)42-14-6-9-25(42)30(44)37-22-12-10-21(11-13-22)20-36-31-39-26(41-15-17-46-18-16-41)19-27(40-31)43-24-8-5-4-7-23(24)38-29(43)28(34)35/h4-5,7-8,19,21-22,25,28H,6,9-18,20H2,1-3H3,(H,37,44)(H,36,39,40)/t21-,22-,25-/m0/s1. The topological polar surface area (TPSA) is 127 Å². The Bertz CT molecular complexity index is 1560. The highest BCUT2D eigenvalue weighted by Gasteiger charge is 2.37. The van der Waals surface area contributed by atoms with E-state index in [1.165, 1.54) is 4.57 Å². The molecule has 0 radical (unpaired) electrons. The van der Waals surface area contributed by atoms with Crippen LogP contribution in [0.25, 0.3) is 16.9 Å². The molecule has 6 rings (SSSR count). The largest absolute Gasteiger partial charge is 0.444 e. The maximum Gasteiger partial charge on any atom is 0.410 e. The van der Waals surface area contributed by atoms with Crippen molar-refractivity contribution in [2.45, 2.75) is 83.4 Å². The molecule has 2 aromatic heterocycles. The van der Waals surface area contributed by atoms with Crippen molar-refractivity contribution in [3.63, 3.8) is 0 Å². The molecule has 3 fully saturated rings. The minimum atomic E-state index is -2.79. The highest BCUT2D eigenvalue weighted by molar-refractivity contribution is 5.86. The summed E-state index contributed by atoms with van der Waals surface area (Å²) in [6, 6.07) is 8.30. The molecular formula is C33H44F2N8O4. The third kappa shape index (κ3) is 7.74. The van der Waals surface area contributed by atoms with E-state index in [2.05, 4.69) is 20.5 Å². The summed E-state index contributed by atoms with van der Waals surface area (Å²) in [5.74, 6) is 1.16. The van der Waals surface area contributed by atoms with E-state index in [1.54, 1.807) is 35.2 Å².